The number of aryl methyl sites for hydroxylation is 6. The second kappa shape index (κ2) is 39.4. The molecule has 3 fully saturated rings. The third-order valence-corrected chi connectivity index (χ3v) is 18.9. The Hall–Kier alpha value is -9.26. The van der Waals surface area contributed by atoms with Gasteiger partial charge in [-0.25, -0.2) is 9.59 Å². The fraction of sp³-hybridized carbons (Fsp3) is 0.349. The molecule has 21 nitrogen and oxygen atoms in total. The van der Waals surface area contributed by atoms with Crippen molar-refractivity contribution in [2.75, 3.05) is 74.4 Å². The van der Waals surface area contributed by atoms with Gasteiger partial charge in [0, 0.05) is 36.7 Å². The molecule has 23 heteroatoms. The molecule has 6 atom stereocenters. The fourth-order valence-corrected chi connectivity index (χ4v) is 12.3. The van der Waals surface area contributed by atoms with E-state index in [0.717, 1.165) is 89.6 Å². The van der Waals surface area contributed by atoms with Crippen LogP contribution in [0.4, 0.5) is 17.1 Å². The molecular formula is C83H97BrN3NaO18. The van der Waals surface area contributed by atoms with E-state index in [1.165, 1.54) is 0 Å². The number of benzene rings is 8. The van der Waals surface area contributed by atoms with Crippen LogP contribution in [0.5, 0.6) is 34.5 Å². The van der Waals surface area contributed by atoms with E-state index in [0.29, 0.717) is 59.3 Å². The smallest absolute Gasteiger partial charge is 1.00 e. The molecule has 3 saturated heterocycles. The number of carbonyl (C=O) groups is 6. The average Bonchev–Trinajstić information content (AvgIpc) is 0.756. The summed E-state index contributed by atoms with van der Waals surface area (Å²) in [5, 5.41) is 21.0. The van der Waals surface area contributed by atoms with Crippen LogP contribution in [0.15, 0.2) is 152 Å². The number of aromatic hydroxyl groups is 1. The Morgan fingerprint density at radius 3 is 1.11 bits per heavy atom. The van der Waals surface area contributed by atoms with Crippen molar-refractivity contribution in [1.29, 1.82) is 0 Å². The van der Waals surface area contributed by atoms with Crippen molar-refractivity contribution in [3.8, 4) is 34.5 Å². The Kier molecular flexibility index (Phi) is 31.2. The van der Waals surface area contributed by atoms with Gasteiger partial charge < -0.3 is 59.0 Å². The van der Waals surface area contributed by atoms with Crippen LogP contribution in [0.25, 0.3) is 0 Å². The maximum Gasteiger partial charge on any atom is 1.00 e. The van der Waals surface area contributed by atoms with E-state index in [1.807, 2.05) is 195 Å². The molecule has 8 aromatic rings. The molecule has 3 aliphatic rings. The number of rotatable bonds is 25. The number of ether oxygens (including phenoxy) is 10. The predicted molar refractivity (Wildman–Crippen MR) is 407 cm³/mol. The van der Waals surface area contributed by atoms with Gasteiger partial charge >= 0.3 is 47.5 Å². The first kappa shape index (κ1) is 84.0. The molecule has 0 spiro atoms. The number of amides is 3. The maximum absolute atomic E-state index is 13.4. The normalized spacial score (nSPS) is 16.8. The third-order valence-electron chi connectivity index (χ3n) is 18.4. The molecule has 106 heavy (non-hydrogen) atoms. The molecule has 3 aliphatic heterocycles. The topological polar surface area (TPSA) is 245 Å². The molecule has 560 valence electrons. The summed E-state index contributed by atoms with van der Waals surface area (Å²) in [5.41, 5.74) is 15.4. The van der Waals surface area contributed by atoms with Crippen molar-refractivity contribution >= 4 is 68.6 Å². The van der Waals surface area contributed by atoms with E-state index in [9.17, 15) is 39.0 Å². The van der Waals surface area contributed by atoms with Crippen molar-refractivity contribution in [2.24, 2.45) is 0 Å². The number of alkyl halides is 1. The number of hydrogen-bond acceptors (Lipinski definition) is 18. The van der Waals surface area contributed by atoms with Gasteiger partial charge in [-0.3, -0.25) is 33.9 Å². The van der Waals surface area contributed by atoms with E-state index in [-0.39, 0.29) is 88.3 Å². The molecule has 0 aromatic heterocycles. The predicted octanol–water partition coefficient (Wildman–Crippen LogP) is 11.6. The SMILES string of the molecule is CCOC(=O)CBr.CCOC(=O)CO[C@H]1C(=O)N(c2cc(C)c(C)c(OC)c2)[C@H]1c1ccc(C)c(O)c1.CCOC(=O)CO[C@H]1C(=O)N(c2cc(C)c(C)c(OC)c2)[C@H]1c1ccc(C)c(OCc2ccccc2)c1.COc1cc(N2C(=O)[C@H](O)[C@@H]2c2ccc(C)c(OCc3ccccc3)c2)cc(C)c1C.[H-].[HH].[Na+]. The summed E-state index contributed by atoms with van der Waals surface area (Å²) >= 11 is 2.94. The first-order valence-electron chi connectivity index (χ1n) is 34.6. The molecule has 2 N–H and O–H groups in total. The summed E-state index contributed by atoms with van der Waals surface area (Å²) in [7, 11) is 4.82. The van der Waals surface area contributed by atoms with Crippen molar-refractivity contribution < 1.29 is 119 Å². The maximum atomic E-state index is 13.4. The molecule has 0 bridgehead atoms. The molecule has 0 radical (unpaired) electrons. The molecule has 0 aliphatic carbocycles. The number of hydrogen-bond donors (Lipinski definition) is 2. The van der Waals surface area contributed by atoms with E-state index < -0.39 is 48.4 Å². The van der Waals surface area contributed by atoms with Gasteiger partial charge in [-0.1, -0.05) is 113 Å². The van der Waals surface area contributed by atoms with E-state index in [4.69, 9.17) is 42.6 Å². The number of phenols is 1. The van der Waals surface area contributed by atoms with Crippen LogP contribution >= 0.6 is 15.9 Å². The van der Waals surface area contributed by atoms with Gasteiger partial charge in [-0.2, -0.15) is 0 Å². The Labute approximate surface area is 654 Å². The quantitative estimate of drug-likeness (QED) is 0.0178. The average molecular weight is 1530 g/mol. The summed E-state index contributed by atoms with van der Waals surface area (Å²) in [6.07, 6.45) is -2.77. The van der Waals surface area contributed by atoms with E-state index in [2.05, 4.69) is 20.7 Å². The standard InChI is InChI=1S/C30H33NO6.C26H27NO4.C23H27NO6.C4H7BrO2.Na.H2.H/c1-6-35-27(32)18-37-29-28(31(30(29)33)24-14-20(3)21(4)26(16-24)34-5)23-13-12-19(2)25(15-23)36-17-22-10-8-7-9-11-22;1-16-10-11-20(13-22(16)31-15-19-8-6-5-7-9-19)24-25(28)26(29)27(24)21-12-17(2)18(3)23(14-21)30-4;1-6-29-20(26)12-30-22-21(16-8-7-13(2)18(25)10-16)24(23(22)27)17-9-14(3)15(4)19(11-17)28-5;1-2-7-4(6)3-5;;;/h7-16,28-29H,6,17-18H2,1-5H3;5-14,24-25,28H,15H2,1-4H3;7-11,21-22,25H,6,12H2,1-5H3;2-3H2,1H3;;1H;/q;;;;+1;;-1/t28-,29+;24-,25+;21-,22+;;;;/m000..../s1. The van der Waals surface area contributed by atoms with Crippen LogP contribution in [-0.2, 0) is 65.7 Å². The summed E-state index contributed by atoms with van der Waals surface area (Å²) in [4.78, 5) is 77.7. The Balaban J connectivity index is 0.000000275. The number of aliphatic hydroxyl groups is 1. The van der Waals surface area contributed by atoms with Crippen molar-refractivity contribution in [2.45, 2.75) is 133 Å². The molecule has 8 aromatic carbocycles. The van der Waals surface area contributed by atoms with Gasteiger partial charge in [0.25, 0.3) is 17.7 Å². The van der Waals surface area contributed by atoms with Crippen LogP contribution in [0.2, 0.25) is 0 Å². The van der Waals surface area contributed by atoms with Gasteiger partial charge in [0.2, 0.25) is 0 Å². The first-order valence-corrected chi connectivity index (χ1v) is 35.7. The number of phenolic OH excluding ortho intramolecular Hbond substituents is 1. The minimum atomic E-state index is -1.09. The van der Waals surface area contributed by atoms with Crippen LogP contribution in [-0.4, -0.2) is 124 Å². The van der Waals surface area contributed by atoms with E-state index in [1.54, 1.807) is 75.9 Å². The third kappa shape index (κ3) is 20.3. The number of esters is 3. The molecule has 0 unspecified atom stereocenters. The summed E-state index contributed by atoms with van der Waals surface area (Å²) < 4.78 is 54.5. The monoisotopic (exact) mass is 1530 g/mol. The van der Waals surface area contributed by atoms with Gasteiger partial charge in [0.05, 0.1) is 59.3 Å². The van der Waals surface area contributed by atoms with Crippen LogP contribution in [0.1, 0.15) is 120 Å². The first-order chi connectivity index (χ1) is 50.3. The van der Waals surface area contributed by atoms with Crippen LogP contribution < -0.4 is 67.9 Å². The van der Waals surface area contributed by atoms with Gasteiger partial charge in [-0.15, -0.1) is 0 Å². The van der Waals surface area contributed by atoms with Crippen molar-refractivity contribution in [1.82, 2.24) is 0 Å². The minimum Gasteiger partial charge on any atom is -1.00 e. The Morgan fingerprint density at radius 1 is 0.434 bits per heavy atom. The van der Waals surface area contributed by atoms with Crippen LogP contribution in [0, 0.1) is 62.3 Å². The second-order valence-electron chi connectivity index (χ2n) is 25.3. The number of aliphatic hydroxyl groups excluding tert-OH is 1. The van der Waals surface area contributed by atoms with Gasteiger partial charge in [0.15, 0.2) is 18.3 Å². The largest absolute Gasteiger partial charge is 1.00 e. The minimum absolute atomic E-state index is 0. The number of β-lactam (4-membered cyclic amide) rings is 3. The molecule has 0 saturated carbocycles. The van der Waals surface area contributed by atoms with Gasteiger partial charge in [-0.05, 0) is 197 Å². The molecular weight excluding hydrogens is 1430 g/mol. The summed E-state index contributed by atoms with van der Waals surface area (Å²) in [6.45, 7) is 24.0. The number of anilines is 3. The zero-order chi connectivity index (χ0) is 76.3. The second-order valence-corrected chi connectivity index (χ2v) is 25.9. The zero-order valence-corrected chi connectivity index (χ0v) is 66.8. The Morgan fingerprint density at radius 2 is 0.774 bits per heavy atom. The zero-order valence-electron chi connectivity index (χ0n) is 64.2. The van der Waals surface area contributed by atoms with Crippen molar-refractivity contribution in [3.05, 3.63) is 230 Å². The van der Waals surface area contributed by atoms with Crippen LogP contribution in [0.3, 0.4) is 0 Å². The summed E-state index contributed by atoms with van der Waals surface area (Å²) in [6, 6.07) is 46.8. The molecule has 11 rings (SSSR count). The number of nitrogens with zero attached hydrogens (tertiary/aromatic N) is 3. The summed E-state index contributed by atoms with van der Waals surface area (Å²) in [5.74, 6) is 1.65. The number of methoxy groups -OCH3 is 3. The van der Waals surface area contributed by atoms with Crippen molar-refractivity contribution in [3.63, 3.8) is 0 Å². The molecule has 3 amide bonds. The van der Waals surface area contributed by atoms with E-state index >= 15 is 0 Å². The number of halogens is 1. The van der Waals surface area contributed by atoms with Gasteiger partial charge in [0.1, 0.15) is 66.3 Å². The Bertz CT molecular complexity index is 4400. The number of carbonyl (C=O) groups excluding carboxylic acids is 6. The molecule has 3 heterocycles. The fourth-order valence-electron chi connectivity index (χ4n) is 12.2.